The van der Waals surface area contributed by atoms with Crippen LogP contribution < -0.4 is 43.8 Å². The van der Waals surface area contributed by atoms with Crippen LogP contribution in [0.1, 0.15) is 77.2 Å². The molecule has 1 aliphatic rings. The summed E-state index contributed by atoms with van der Waals surface area (Å²) in [6.45, 7) is 4.41. The smallest absolute Gasteiger partial charge is 0.326 e. The van der Waals surface area contributed by atoms with E-state index in [0.717, 1.165) is 0 Å². The molecule has 1 aliphatic heterocycles. The normalized spacial score (nSPS) is 22.1. The average Bonchev–Trinajstić information content (AvgIpc) is 3.07. The predicted molar refractivity (Wildman–Crippen MR) is 194 cm³/mol. The van der Waals surface area contributed by atoms with Gasteiger partial charge in [-0.1, -0.05) is 49.7 Å². The van der Waals surface area contributed by atoms with Crippen molar-refractivity contribution in [2.24, 2.45) is 23.1 Å². The number of carboxylic acid groups (broad SMARTS) is 1. The van der Waals surface area contributed by atoms with Crippen molar-refractivity contribution in [2.45, 2.75) is 114 Å². The molecule has 0 aliphatic carbocycles. The van der Waals surface area contributed by atoms with E-state index < -0.39 is 71.8 Å². The van der Waals surface area contributed by atoms with Gasteiger partial charge >= 0.3 is 5.97 Å². The number of nitrogens with two attached hydrogens (primary N) is 3. The van der Waals surface area contributed by atoms with Gasteiger partial charge in [-0.25, -0.2) is 4.79 Å². The minimum absolute atomic E-state index is 0.0318. The number of carbonyl (C=O) groups excluding carboxylic acids is 5. The van der Waals surface area contributed by atoms with Crippen LogP contribution in [0.25, 0.3) is 0 Å². The van der Waals surface area contributed by atoms with Crippen LogP contribution in [0.5, 0.6) is 0 Å². The SMILES string of the molecule is CC(C)C[C@H](NC(=O)[C@H](Cc1cccc(Cl)c1)NC(=O)[C@@H]1C/C=C/C[C@H](N)C(=O)N[C@@H](CCCCN)C(=O)N[C@@H](CCCCN)C(=O)N1)C(=O)O. The summed E-state index contributed by atoms with van der Waals surface area (Å²) in [5.74, 6) is -4.50. The second-order valence-electron chi connectivity index (χ2n) is 13.2. The van der Waals surface area contributed by atoms with Crippen LogP contribution >= 0.6 is 11.6 Å². The van der Waals surface area contributed by atoms with Crippen LogP contribution in [0.15, 0.2) is 36.4 Å². The zero-order valence-electron chi connectivity index (χ0n) is 29.5. The van der Waals surface area contributed by atoms with Gasteiger partial charge in [0.25, 0.3) is 0 Å². The third-order valence-corrected chi connectivity index (χ3v) is 8.58. The highest BCUT2D eigenvalue weighted by molar-refractivity contribution is 6.30. The molecule has 0 saturated heterocycles. The Kier molecular flexibility index (Phi) is 19.2. The van der Waals surface area contributed by atoms with E-state index in [2.05, 4.69) is 26.6 Å². The van der Waals surface area contributed by atoms with Gasteiger partial charge in [0.15, 0.2) is 0 Å². The lowest BCUT2D eigenvalue weighted by molar-refractivity contribution is -0.142. The number of hydrogen-bond donors (Lipinski definition) is 9. The van der Waals surface area contributed by atoms with E-state index in [9.17, 15) is 33.9 Å². The molecule has 5 amide bonds. The minimum atomic E-state index is -1.24. The number of halogens is 1. The number of amides is 5. The summed E-state index contributed by atoms with van der Waals surface area (Å²) in [6.07, 6.45) is 6.07. The first-order valence-corrected chi connectivity index (χ1v) is 17.9. The molecule has 1 heterocycles. The van der Waals surface area contributed by atoms with E-state index in [1.54, 1.807) is 36.4 Å². The molecule has 1 aromatic carbocycles. The zero-order chi connectivity index (χ0) is 37.9. The first-order chi connectivity index (χ1) is 24.2. The maximum absolute atomic E-state index is 13.9. The van der Waals surface area contributed by atoms with Crippen LogP contribution in [0.4, 0.5) is 0 Å². The highest BCUT2D eigenvalue weighted by Gasteiger charge is 2.33. The van der Waals surface area contributed by atoms with Crippen LogP contribution in [-0.4, -0.2) is 90.0 Å². The maximum atomic E-state index is 13.9. The molecule has 0 spiro atoms. The van der Waals surface area contributed by atoms with Crippen molar-refractivity contribution in [3.63, 3.8) is 0 Å². The molecule has 0 unspecified atom stereocenters. The second-order valence-corrected chi connectivity index (χ2v) is 13.7. The molecule has 16 heteroatoms. The Morgan fingerprint density at radius 2 is 1.45 bits per heavy atom. The molecule has 0 bridgehead atoms. The summed E-state index contributed by atoms with van der Waals surface area (Å²) >= 11 is 6.18. The third kappa shape index (κ3) is 15.8. The molecule has 0 fully saturated rings. The first kappa shape index (κ1) is 43.1. The molecular formula is C35H55ClN8O7. The number of benzene rings is 1. The molecule has 0 radical (unpaired) electrons. The Morgan fingerprint density at radius 3 is 2.02 bits per heavy atom. The number of hydrogen-bond acceptors (Lipinski definition) is 9. The number of unbranched alkanes of at least 4 members (excludes halogenated alkanes) is 2. The van der Waals surface area contributed by atoms with Gasteiger partial charge in [-0.3, -0.25) is 24.0 Å². The van der Waals surface area contributed by atoms with Gasteiger partial charge in [0.05, 0.1) is 6.04 Å². The summed E-state index contributed by atoms with van der Waals surface area (Å²) in [5.41, 5.74) is 18.0. The number of rotatable bonds is 17. The van der Waals surface area contributed by atoms with E-state index in [1.165, 1.54) is 0 Å². The Labute approximate surface area is 304 Å². The lowest BCUT2D eigenvalue weighted by Crippen LogP contribution is -2.59. The fourth-order valence-electron chi connectivity index (χ4n) is 5.51. The monoisotopic (exact) mass is 734 g/mol. The standard InChI is InChI=1S/C35H55ClN8O7/c1-21(2)18-29(35(50)51)44-34(49)28(20-22-10-9-11-23(36)19-22)43-33(48)26-13-4-3-12-24(39)30(45)40-25(14-5-7-16-37)31(46)42-27(32(47)41-26)15-6-8-17-38/h3-4,9-11,19,21,24-29H,5-8,12-18,20,37-39H2,1-2H3,(H,40,45)(H,41,47)(H,42,46)(H,43,48)(H,44,49)(H,50,51)/b4-3+/t24-,25-,26-,27-,28-,29-/m0/s1. The van der Waals surface area contributed by atoms with E-state index in [1.807, 2.05) is 13.8 Å². The maximum Gasteiger partial charge on any atom is 0.326 e. The van der Waals surface area contributed by atoms with Crippen molar-refractivity contribution < 1.29 is 33.9 Å². The largest absolute Gasteiger partial charge is 0.480 e. The summed E-state index contributed by atoms with van der Waals surface area (Å²) in [5, 5.41) is 23.6. The van der Waals surface area contributed by atoms with Crippen molar-refractivity contribution in [3.8, 4) is 0 Å². The van der Waals surface area contributed by atoms with Gasteiger partial charge in [-0.15, -0.1) is 0 Å². The Morgan fingerprint density at radius 1 is 0.863 bits per heavy atom. The molecular weight excluding hydrogens is 680 g/mol. The number of carboxylic acids is 1. The van der Waals surface area contributed by atoms with Crippen molar-refractivity contribution in [1.82, 2.24) is 26.6 Å². The molecule has 0 aromatic heterocycles. The van der Waals surface area contributed by atoms with Crippen LogP contribution in [0, 0.1) is 5.92 Å². The first-order valence-electron chi connectivity index (χ1n) is 17.5. The molecule has 51 heavy (non-hydrogen) atoms. The van der Waals surface area contributed by atoms with Gasteiger partial charge in [0.2, 0.25) is 29.5 Å². The Balaban J connectivity index is 2.44. The van der Waals surface area contributed by atoms with E-state index in [-0.39, 0.29) is 44.4 Å². The lowest BCUT2D eigenvalue weighted by Gasteiger charge is -2.27. The van der Waals surface area contributed by atoms with Crippen LogP contribution in [-0.2, 0) is 35.2 Å². The highest BCUT2D eigenvalue weighted by Crippen LogP contribution is 2.14. The van der Waals surface area contributed by atoms with E-state index in [0.29, 0.717) is 49.4 Å². The van der Waals surface area contributed by atoms with Crippen molar-refractivity contribution in [1.29, 1.82) is 0 Å². The molecule has 6 atom stereocenters. The Hall–Kier alpha value is -4.05. The fraction of sp³-hybridized carbons (Fsp3) is 0.600. The predicted octanol–water partition coefficient (Wildman–Crippen LogP) is 0.373. The van der Waals surface area contributed by atoms with Crippen LogP contribution in [0.3, 0.4) is 0 Å². The number of carbonyl (C=O) groups is 6. The van der Waals surface area contributed by atoms with Gasteiger partial charge < -0.3 is 48.9 Å². The molecule has 1 aromatic rings. The van der Waals surface area contributed by atoms with Gasteiger partial charge in [-0.05, 0) is 94.5 Å². The summed E-state index contributed by atoms with van der Waals surface area (Å²) in [7, 11) is 0. The van der Waals surface area contributed by atoms with Crippen LogP contribution in [0.2, 0.25) is 5.02 Å². The van der Waals surface area contributed by atoms with Crippen molar-refractivity contribution >= 4 is 47.1 Å². The molecule has 0 saturated carbocycles. The van der Waals surface area contributed by atoms with Gasteiger partial charge in [0.1, 0.15) is 30.2 Å². The quantitative estimate of drug-likeness (QED) is 0.0785. The van der Waals surface area contributed by atoms with Gasteiger partial charge in [0, 0.05) is 11.4 Å². The van der Waals surface area contributed by atoms with Crippen molar-refractivity contribution in [3.05, 3.63) is 47.0 Å². The fourth-order valence-corrected chi connectivity index (χ4v) is 5.72. The Bertz CT molecular complexity index is 1360. The summed E-state index contributed by atoms with van der Waals surface area (Å²) in [6, 6.07) is -0.0373. The van der Waals surface area contributed by atoms with Gasteiger partial charge in [-0.2, -0.15) is 0 Å². The highest BCUT2D eigenvalue weighted by atomic mass is 35.5. The molecule has 15 nitrogen and oxygen atoms in total. The summed E-state index contributed by atoms with van der Waals surface area (Å²) < 4.78 is 0. The molecule has 284 valence electrons. The van der Waals surface area contributed by atoms with E-state index in [4.69, 9.17) is 28.8 Å². The number of nitrogens with one attached hydrogen (secondary N) is 5. The lowest BCUT2D eigenvalue weighted by atomic mass is 10.0. The van der Waals surface area contributed by atoms with E-state index >= 15 is 0 Å². The second kappa shape index (κ2) is 22.7. The average molecular weight is 735 g/mol. The summed E-state index contributed by atoms with van der Waals surface area (Å²) in [4.78, 5) is 79.6. The molecule has 2 rings (SSSR count). The molecule has 12 N–H and O–H groups in total. The van der Waals surface area contributed by atoms with Crippen molar-refractivity contribution in [2.75, 3.05) is 13.1 Å². The zero-order valence-corrected chi connectivity index (χ0v) is 30.3. The third-order valence-electron chi connectivity index (χ3n) is 8.34. The minimum Gasteiger partial charge on any atom is -0.480 e. The topological polar surface area (TPSA) is 261 Å². The number of aliphatic carboxylic acids is 1.